The summed E-state index contributed by atoms with van der Waals surface area (Å²) in [6.45, 7) is 7.66. The number of benzene rings is 2. The highest BCUT2D eigenvalue weighted by molar-refractivity contribution is 5.82. The number of hydrogen-bond acceptors (Lipinski definition) is 7. The SMILES string of the molecule is Cc1ccccc1N1CCC(O)(CN2CCC3(CCCn4cc(nn4)COc4ccccc4CNC3=O)CC2)CC1. The predicted molar refractivity (Wildman–Crippen MR) is 158 cm³/mol. The molecule has 0 aliphatic carbocycles. The molecule has 1 spiro atoms. The molecule has 9 heteroatoms. The number of aromatic nitrogens is 3. The van der Waals surface area contributed by atoms with Crippen LogP contribution in [-0.2, 0) is 24.5 Å². The molecule has 1 aromatic heterocycles. The molecule has 2 fully saturated rings. The Morgan fingerprint density at radius 3 is 2.51 bits per heavy atom. The number of para-hydroxylation sites is 2. The zero-order valence-corrected chi connectivity index (χ0v) is 24.1. The predicted octanol–water partition coefficient (Wildman–Crippen LogP) is 3.69. The van der Waals surface area contributed by atoms with Crippen LogP contribution in [0.1, 0.15) is 55.3 Å². The van der Waals surface area contributed by atoms with Crippen LogP contribution < -0.4 is 15.0 Å². The molecule has 9 nitrogen and oxygen atoms in total. The van der Waals surface area contributed by atoms with Crippen molar-refractivity contribution in [2.45, 2.75) is 70.7 Å². The van der Waals surface area contributed by atoms with Gasteiger partial charge in [-0.05, 0) is 76.2 Å². The molecule has 6 rings (SSSR count). The number of piperidine rings is 2. The van der Waals surface area contributed by atoms with Gasteiger partial charge in [-0.3, -0.25) is 9.48 Å². The number of anilines is 1. The topological polar surface area (TPSA) is 95.8 Å². The molecule has 0 radical (unpaired) electrons. The van der Waals surface area contributed by atoms with Crippen molar-refractivity contribution in [3.05, 3.63) is 71.5 Å². The summed E-state index contributed by atoms with van der Waals surface area (Å²) in [7, 11) is 0. The van der Waals surface area contributed by atoms with Crippen LogP contribution >= 0.6 is 0 Å². The highest BCUT2D eigenvalue weighted by Gasteiger charge is 2.43. The summed E-state index contributed by atoms with van der Waals surface area (Å²) >= 11 is 0. The maximum absolute atomic E-state index is 13.8. The van der Waals surface area contributed by atoms with E-state index in [1.807, 2.05) is 35.1 Å². The summed E-state index contributed by atoms with van der Waals surface area (Å²) < 4.78 is 7.89. The number of aryl methyl sites for hydroxylation is 2. The molecule has 2 aromatic carbocycles. The molecule has 0 unspecified atom stereocenters. The molecular weight excluding hydrogens is 516 g/mol. The van der Waals surface area contributed by atoms with Gasteiger partial charge in [0.15, 0.2) is 0 Å². The third-order valence-electron chi connectivity index (χ3n) is 9.38. The van der Waals surface area contributed by atoms with Crippen LogP contribution in [0.4, 0.5) is 5.69 Å². The van der Waals surface area contributed by atoms with E-state index in [9.17, 15) is 9.90 Å². The first-order valence-corrected chi connectivity index (χ1v) is 15.0. The zero-order chi connectivity index (χ0) is 28.3. The Labute approximate surface area is 242 Å². The van der Waals surface area contributed by atoms with E-state index in [0.29, 0.717) is 19.7 Å². The third kappa shape index (κ3) is 6.26. The first-order valence-electron chi connectivity index (χ1n) is 15.0. The van der Waals surface area contributed by atoms with Gasteiger partial charge in [0.2, 0.25) is 5.91 Å². The first-order chi connectivity index (χ1) is 19.9. The maximum Gasteiger partial charge on any atom is 0.226 e. The Bertz CT molecular complexity index is 1340. The molecule has 218 valence electrons. The number of carbonyl (C=O) groups excluding carboxylic acids is 1. The van der Waals surface area contributed by atoms with Gasteiger partial charge >= 0.3 is 0 Å². The molecule has 0 saturated carbocycles. The van der Waals surface area contributed by atoms with Gasteiger partial charge in [-0.15, -0.1) is 5.10 Å². The maximum atomic E-state index is 13.8. The van der Waals surface area contributed by atoms with Gasteiger partial charge in [0.25, 0.3) is 0 Å². The van der Waals surface area contributed by atoms with E-state index in [0.717, 1.165) is 88.3 Å². The minimum atomic E-state index is -0.691. The van der Waals surface area contributed by atoms with Crippen molar-refractivity contribution in [1.29, 1.82) is 0 Å². The van der Waals surface area contributed by atoms with Crippen LogP contribution in [0.25, 0.3) is 0 Å². The van der Waals surface area contributed by atoms with E-state index < -0.39 is 11.0 Å². The van der Waals surface area contributed by atoms with Crippen LogP contribution in [0, 0.1) is 12.3 Å². The van der Waals surface area contributed by atoms with E-state index in [1.54, 1.807) is 0 Å². The van der Waals surface area contributed by atoms with E-state index in [4.69, 9.17) is 4.74 Å². The van der Waals surface area contributed by atoms with E-state index in [1.165, 1.54) is 11.3 Å². The lowest BCUT2D eigenvalue weighted by Crippen LogP contribution is -2.55. The second-order valence-electron chi connectivity index (χ2n) is 12.2. The van der Waals surface area contributed by atoms with Crippen molar-refractivity contribution in [2.75, 3.05) is 37.6 Å². The highest BCUT2D eigenvalue weighted by Crippen LogP contribution is 2.38. The number of aliphatic hydroxyl groups is 1. The van der Waals surface area contributed by atoms with Crippen molar-refractivity contribution in [1.82, 2.24) is 25.2 Å². The Morgan fingerprint density at radius 2 is 1.71 bits per heavy atom. The number of nitrogens with zero attached hydrogens (tertiary/aromatic N) is 5. The summed E-state index contributed by atoms with van der Waals surface area (Å²) in [5.74, 6) is 0.874. The van der Waals surface area contributed by atoms with Gasteiger partial charge < -0.3 is 25.0 Å². The van der Waals surface area contributed by atoms with Crippen LogP contribution in [0.2, 0.25) is 0 Å². The number of carbonyl (C=O) groups is 1. The number of hydrogen-bond donors (Lipinski definition) is 2. The quantitative estimate of drug-likeness (QED) is 0.506. The first kappa shape index (κ1) is 27.7. The fourth-order valence-electron chi connectivity index (χ4n) is 6.78. The lowest BCUT2D eigenvalue weighted by Gasteiger charge is -2.46. The van der Waals surface area contributed by atoms with E-state index in [-0.39, 0.29) is 5.91 Å². The minimum Gasteiger partial charge on any atom is -0.487 e. The van der Waals surface area contributed by atoms with Gasteiger partial charge in [0.1, 0.15) is 18.1 Å². The third-order valence-corrected chi connectivity index (χ3v) is 9.38. The van der Waals surface area contributed by atoms with Crippen molar-refractivity contribution >= 4 is 11.6 Å². The average Bonchev–Trinajstić information content (AvgIpc) is 3.44. The van der Waals surface area contributed by atoms with Crippen LogP contribution in [0.15, 0.2) is 54.7 Å². The molecule has 1 amide bonds. The van der Waals surface area contributed by atoms with Crippen molar-refractivity contribution in [3.63, 3.8) is 0 Å². The van der Waals surface area contributed by atoms with Crippen molar-refractivity contribution in [2.24, 2.45) is 5.41 Å². The molecule has 3 aliphatic rings. The Hall–Kier alpha value is -3.43. The van der Waals surface area contributed by atoms with Gasteiger partial charge in [0, 0.05) is 44.0 Å². The van der Waals surface area contributed by atoms with Gasteiger partial charge in [-0.1, -0.05) is 41.6 Å². The van der Waals surface area contributed by atoms with Gasteiger partial charge in [-0.25, -0.2) is 0 Å². The van der Waals surface area contributed by atoms with E-state index in [2.05, 4.69) is 56.6 Å². The number of likely N-dealkylation sites (tertiary alicyclic amines) is 1. The Kier molecular flexibility index (Phi) is 7.99. The molecule has 4 heterocycles. The highest BCUT2D eigenvalue weighted by atomic mass is 16.5. The standard InChI is InChI=1S/C32H42N6O3/c1-25-7-2-4-9-28(25)37-19-14-32(40,15-20-37)24-36-17-12-31(13-18-36)11-6-16-38-22-27(34-35-38)23-41-29-10-5-3-8-26(29)21-33-30(31)39/h2-5,7-10,22,40H,6,11-21,23-24H2,1H3,(H,33,39). The molecule has 2 saturated heterocycles. The van der Waals surface area contributed by atoms with Gasteiger partial charge in [0.05, 0.1) is 17.2 Å². The van der Waals surface area contributed by atoms with Crippen molar-refractivity contribution < 1.29 is 14.6 Å². The molecule has 41 heavy (non-hydrogen) atoms. The molecule has 2 bridgehead atoms. The zero-order valence-electron chi connectivity index (χ0n) is 24.1. The molecule has 3 aliphatic heterocycles. The number of β-amino-alcohol motifs (C(OH)–C–C–N with tert-alkyl or cyclic N) is 1. The van der Waals surface area contributed by atoms with Crippen LogP contribution in [-0.4, -0.2) is 69.2 Å². The summed E-state index contributed by atoms with van der Waals surface area (Å²) in [6.07, 6.45) is 6.67. The summed E-state index contributed by atoms with van der Waals surface area (Å²) in [5, 5.41) is 23.3. The minimum absolute atomic E-state index is 0.119. The number of amides is 1. The van der Waals surface area contributed by atoms with Crippen LogP contribution in [0.5, 0.6) is 5.75 Å². The second-order valence-corrected chi connectivity index (χ2v) is 12.2. The Balaban J connectivity index is 1.10. The molecule has 0 atom stereocenters. The van der Waals surface area contributed by atoms with E-state index >= 15 is 0 Å². The summed E-state index contributed by atoms with van der Waals surface area (Å²) in [4.78, 5) is 18.6. The number of fused-ring (bicyclic) bond motifs is 3. The van der Waals surface area contributed by atoms with Gasteiger partial charge in [-0.2, -0.15) is 0 Å². The lowest BCUT2D eigenvalue weighted by atomic mass is 9.73. The Morgan fingerprint density at radius 1 is 0.951 bits per heavy atom. The smallest absolute Gasteiger partial charge is 0.226 e. The second kappa shape index (κ2) is 11.8. The van der Waals surface area contributed by atoms with Crippen LogP contribution in [0.3, 0.4) is 0 Å². The fraction of sp³-hybridized carbons (Fsp3) is 0.531. The fourth-order valence-corrected chi connectivity index (χ4v) is 6.78. The summed E-state index contributed by atoms with van der Waals surface area (Å²) in [5.41, 5.74) is 3.18. The average molecular weight is 559 g/mol. The monoisotopic (exact) mass is 558 g/mol. The largest absolute Gasteiger partial charge is 0.487 e. The normalized spacial score (nSPS) is 21.4. The number of rotatable bonds is 3. The molecule has 2 N–H and O–H groups in total. The summed E-state index contributed by atoms with van der Waals surface area (Å²) in [6, 6.07) is 16.3. The molecular formula is C32H42N6O3. The van der Waals surface area contributed by atoms with Crippen molar-refractivity contribution in [3.8, 4) is 5.75 Å². The molecule has 3 aromatic rings. The lowest BCUT2D eigenvalue weighted by molar-refractivity contribution is -0.135. The number of nitrogens with one attached hydrogen (secondary N) is 1. The number of ether oxygens (including phenoxy) is 1.